The molecular weight excluding hydrogens is 238 g/mol. The normalized spacial score (nSPS) is 13.2. The van der Waals surface area contributed by atoms with Crippen molar-refractivity contribution in [3.05, 3.63) is 20.8 Å². The molecular formula is C8H12BrNOS. The van der Waals surface area contributed by atoms with Crippen molar-refractivity contribution in [1.82, 2.24) is 5.32 Å². The predicted molar refractivity (Wildman–Crippen MR) is 55.5 cm³/mol. The first kappa shape index (κ1) is 10.2. The van der Waals surface area contributed by atoms with Crippen LogP contribution in [0.2, 0.25) is 0 Å². The Kier molecular flexibility index (Phi) is 4.21. The summed E-state index contributed by atoms with van der Waals surface area (Å²) in [6, 6.07) is 4.45. The SMILES string of the molecule is C[C@@H](NCCO)c1ccc(Br)s1. The van der Waals surface area contributed by atoms with Gasteiger partial charge in [0.1, 0.15) is 0 Å². The minimum atomic E-state index is 0.191. The van der Waals surface area contributed by atoms with Crippen LogP contribution in [0.25, 0.3) is 0 Å². The monoisotopic (exact) mass is 249 g/mol. The lowest BCUT2D eigenvalue weighted by molar-refractivity contribution is 0.286. The third-order valence-electron chi connectivity index (χ3n) is 1.58. The molecule has 1 rings (SSSR count). The van der Waals surface area contributed by atoms with Gasteiger partial charge in [0.2, 0.25) is 0 Å². The van der Waals surface area contributed by atoms with Crippen molar-refractivity contribution in [3.8, 4) is 0 Å². The molecule has 0 spiro atoms. The highest BCUT2D eigenvalue weighted by Gasteiger charge is 2.05. The molecule has 0 amide bonds. The molecule has 0 fully saturated rings. The Hall–Kier alpha value is 0.1000. The first-order chi connectivity index (χ1) is 5.74. The van der Waals surface area contributed by atoms with E-state index in [0.717, 1.165) is 3.79 Å². The number of aliphatic hydroxyl groups is 1. The van der Waals surface area contributed by atoms with Crippen LogP contribution in [0.5, 0.6) is 0 Å². The van der Waals surface area contributed by atoms with Crippen LogP contribution in [0.3, 0.4) is 0 Å². The lowest BCUT2D eigenvalue weighted by Crippen LogP contribution is -2.21. The predicted octanol–water partition coefficient (Wildman–Crippen LogP) is 2.15. The number of halogens is 1. The third kappa shape index (κ3) is 2.86. The van der Waals surface area contributed by atoms with Gasteiger partial charge in [0.25, 0.3) is 0 Å². The molecule has 4 heteroatoms. The van der Waals surface area contributed by atoms with Gasteiger partial charge in [-0.1, -0.05) is 0 Å². The van der Waals surface area contributed by atoms with Gasteiger partial charge in [0, 0.05) is 17.5 Å². The van der Waals surface area contributed by atoms with Crippen LogP contribution in [0.1, 0.15) is 17.8 Å². The molecule has 2 nitrogen and oxygen atoms in total. The molecule has 0 unspecified atom stereocenters. The summed E-state index contributed by atoms with van der Waals surface area (Å²) in [7, 11) is 0. The fraction of sp³-hybridized carbons (Fsp3) is 0.500. The Morgan fingerprint density at radius 1 is 1.67 bits per heavy atom. The number of nitrogens with one attached hydrogen (secondary N) is 1. The van der Waals surface area contributed by atoms with Gasteiger partial charge in [-0.15, -0.1) is 11.3 Å². The number of aliphatic hydroxyl groups excluding tert-OH is 1. The van der Waals surface area contributed by atoms with E-state index in [2.05, 4.69) is 34.2 Å². The van der Waals surface area contributed by atoms with E-state index in [1.54, 1.807) is 11.3 Å². The molecule has 1 aromatic heterocycles. The first-order valence-corrected chi connectivity index (χ1v) is 5.44. The Bertz CT molecular complexity index is 239. The van der Waals surface area contributed by atoms with Gasteiger partial charge in [-0.25, -0.2) is 0 Å². The van der Waals surface area contributed by atoms with E-state index in [-0.39, 0.29) is 6.61 Å². The highest BCUT2D eigenvalue weighted by atomic mass is 79.9. The zero-order valence-corrected chi connectivity index (χ0v) is 9.28. The van der Waals surface area contributed by atoms with Crippen LogP contribution in [-0.4, -0.2) is 18.3 Å². The maximum absolute atomic E-state index is 8.60. The molecule has 0 aliphatic rings. The molecule has 2 N–H and O–H groups in total. The molecule has 0 aliphatic carbocycles. The molecule has 68 valence electrons. The number of thiophene rings is 1. The molecule has 0 radical (unpaired) electrons. The first-order valence-electron chi connectivity index (χ1n) is 3.83. The molecule has 12 heavy (non-hydrogen) atoms. The van der Waals surface area contributed by atoms with Crippen LogP contribution < -0.4 is 5.32 Å². The van der Waals surface area contributed by atoms with Crippen molar-refractivity contribution in [2.45, 2.75) is 13.0 Å². The molecule has 1 atom stereocenters. The van der Waals surface area contributed by atoms with E-state index in [1.807, 2.05) is 6.07 Å². The topological polar surface area (TPSA) is 32.3 Å². The van der Waals surface area contributed by atoms with E-state index >= 15 is 0 Å². The highest BCUT2D eigenvalue weighted by Crippen LogP contribution is 2.26. The van der Waals surface area contributed by atoms with Crippen molar-refractivity contribution in [2.75, 3.05) is 13.2 Å². The average molecular weight is 250 g/mol. The van der Waals surface area contributed by atoms with Gasteiger partial charge >= 0.3 is 0 Å². The summed E-state index contributed by atoms with van der Waals surface area (Å²) < 4.78 is 1.15. The lowest BCUT2D eigenvalue weighted by Gasteiger charge is -2.09. The largest absolute Gasteiger partial charge is 0.395 e. The van der Waals surface area contributed by atoms with Gasteiger partial charge in [-0.3, -0.25) is 0 Å². The summed E-state index contributed by atoms with van der Waals surface area (Å²) in [5.74, 6) is 0. The van der Waals surface area contributed by atoms with Crippen LogP contribution in [0.15, 0.2) is 15.9 Å². The van der Waals surface area contributed by atoms with Gasteiger partial charge in [0.05, 0.1) is 10.4 Å². The van der Waals surface area contributed by atoms with Crippen LogP contribution in [-0.2, 0) is 0 Å². The number of rotatable bonds is 4. The summed E-state index contributed by atoms with van der Waals surface area (Å²) in [5, 5.41) is 11.8. The van der Waals surface area contributed by atoms with Crippen LogP contribution in [0, 0.1) is 0 Å². The van der Waals surface area contributed by atoms with E-state index in [1.165, 1.54) is 4.88 Å². The third-order valence-corrected chi connectivity index (χ3v) is 3.39. The van der Waals surface area contributed by atoms with Crippen molar-refractivity contribution in [1.29, 1.82) is 0 Å². The second-order valence-electron chi connectivity index (χ2n) is 2.54. The fourth-order valence-corrected chi connectivity index (χ4v) is 2.39. The van der Waals surface area contributed by atoms with Crippen LogP contribution >= 0.6 is 27.3 Å². The smallest absolute Gasteiger partial charge is 0.0701 e. The van der Waals surface area contributed by atoms with Crippen LogP contribution in [0.4, 0.5) is 0 Å². The summed E-state index contributed by atoms with van der Waals surface area (Å²) in [6.45, 7) is 2.93. The summed E-state index contributed by atoms with van der Waals surface area (Å²) in [6.07, 6.45) is 0. The molecule has 1 heterocycles. The summed E-state index contributed by atoms with van der Waals surface area (Å²) >= 11 is 5.13. The second kappa shape index (κ2) is 4.97. The molecule has 0 aliphatic heterocycles. The van der Waals surface area contributed by atoms with Gasteiger partial charge in [-0.05, 0) is 35.0 Å². The summed E-state index contributed by atoms with van der Waals surface area (Å²) in [5.41, 5.74) is 0. The molecule has 1 aromatic rings. The molecule has 0 saturated carbocycles. The Labute approximate surface area is 84.7 Å². The minimum absolute atomic E-state index is 0.191. The number of hydrogen-bond donors (Lipinski definition) is 2. The van der Waals surface area contributed by atoms with E-state index in [0.29, 0.717) is 12.6 Å². The Morgan fingerprint density at radius 3 is 2.92 bits per heavy atom. The van der Waals surface area contributed by atoms with Gasteiger partial charge in [0.15, 0.2) is 0 Å². The van der Waals surface area contributed by atoms with Crippen molar-refractivity contribution >= 4 is 27.3 Å². The summed E-state index contributed by atoms with van der Waals surface area (Å²) in [4.78, 5) is 1.29. The Balaban J connectivity index is 2.47. The Morgan fingerprint density at radius 2 is 2.42 bits per heavy atom. The average Bonchev–Trinajstić information content (AvgIpc) is 2.47. The van der Waals surface area contributed by atoms with E-state index in [4.69, 9.17) is 5.11 Å². The maximum Gasteiger partial charge on any atom is 0.0701 e. The van der Waals surface area contributed by atoms with E-state index in [9.17, 15) is 0 Å². The zero-order chi connectivity index (χ0) is 8.97. The maximum atomic E-state index is 8.60. The standard InChI is InChI=1S/C8H12BrNOS/c1-6(10-4-5-11)7-2-3-8(9)12-7/h2-3,6,10-11H,4-5H2,1H3/t6-/m1/s1. The number of hydrogen-bond acceptors (Lipinski definition) is 3. The second-order valence-corrected chi connectivity index (χ2v) is 5.04. The minimum Gasteiger partial charge on any atom is -0.395 e. The molecule has 0 bridgehead atoms. The zero-order valence-electron chi connectivity index (χ0n) is 6.88. The van der Waals surface area contributed by atoms with E-state index < -0.39 is 0 Å². The van der Waals surface area contributed by atoms with Gasteiger partial charge in [-0.2, -0.15) is 0 Å². The molecule has 0 aromatic carbocycles. The van der Waals surface area contributed by atoms with Crippen molar-refractivity contribution in [3.63, 3.8) is 0 Å². The quantitative estimate of drug-likeness (QED) is 0.858. The fourth-order valence-electron chi connectivity index (χ4n) is 0.943. The molecule has 0 saturated heterocycles. The highest BCUT2D eigenvalue weighted by molar-refractivity contribution is 9.11. The lowest BCUT2D eigenvalue weighted by atomic mass is 10.3. The van der Waals surface area contributed by atoms with Crippen molar-refractivity contribution in [2.24, 2.45) is 0 Å². The van der Waals surface area contributed by atoms with Crippen molar-refractivity contribution < 1.29 is 5.11 Å². The van der Waals surface area contributed by atoms with Gasteiger partial charge < -0.3 is 10.4 Å².